The van der Waals surface area contributed by atoms with Crippen molar-refractivity contribution < 1.29 is 37.1 Å². The van der Waals surface area contributed by atoms with E-state index in [0.29, 0.717) is 36.7 Å². The molecule has 56 heavy (non-hydrogen) atoms. The second-order valence-corrected chi connectivity index (χ2v) is 16.9. The molecule has 3 heterocycles. The Morgan fingerprint density at radius 1 is 1.04 bits per heavy atom. The van der Waals surface area contributed by atoms with E-state index >= 15 is 0 Å². The third-order valence-corrected chi connectivity index (χ3v) is 12.6. The van der Waals surface area contributed by atoms with Gasteiger partial charge in [0.1, 0.15) is 11.8 Å². The number of amides is 4. The number of carbonyl (C=O) groups is 4. The van der Waals surface area contributed by atoms with E-state index in [-0.39, 0.29) is 54.7 Å². The van der Waals surface area contributed by atoms with Crippen molar-refractivity contribution in [1.29, 1.82) is 5.26 Å². The van der Waals surface area contributed by atoms with Crippen LogP contribution in [-0.4, -0.2) is 65.6 Å². The molecular formula is C39H45ClF3N7O5S. The summed E-state index contributed by atoms with van der Waals surface area (Å²) in [6.45, 7) is 7.76. The number of hydrogen-bond donors (Lipinski definition) is 5. The Bertz CT molecular complexity index is 2020. The average molecular weight is 816 g/mol. The minimum Gasteiger partial charge on any atom is -0.493 e. The fourth-order valence-electron chi connectivity index (χ4n) is 6.96. The minimum absolute atomic E-state index is 0. The van der Waals surface area contributed by atoms with Gasteiger partial charge in [-0.15, -0.1) is 23.5 Å². The molecule has 3 saturated heterocycles. The quantitative estimate of drug-likeness (QED) is 0.114. The van der Waals surface area contributed by atoms with Gasteiger partial charge in [0.25, 0.3) is 5.91 Å². The number of ether oxygens (including phenoxy) is 1. The molecule has 0 radical (unpaired) electrons. The monoisotopic (exact) mass is 815 g/mol. The second-order valence-electron chi connectivity index (χ2n) is 14.4. The van der Waals surface area contributed by atoms with Crippen LogP contribution < -0.4 is 30.5 Å². The first-order chi connectivity index (χ1) is 26.2. The first kappa shape index (κ1) is 42.3. The predicted molar refractivity (Wildman–Crippen MR) is 211 cm³/mol. The number of benzene rings is 3. The van der Waals surface area contributed by atoms with Gasteiger partial charge in [0.2, 0.25) is 17.7 Å². The highest BCUT2D eigenvalue weighted by Gasteiger charge is 2.47. The number of likely N-dealkylation sites (tertiary alicyclic amines) is 1. The molecule has 3 fully saturated rings. The molecule has 3 aliphatic rings. The number of imide groups is 1. The highest BCUT2D eigenvalue weighted by molar-refractivity contribution is 8.17. The summed E-state index contributed by atoms with van der Waals surface area (Å²) in [6, 6.07) is 17.2. The molecule has 0 bridgehead atoms. The summed E-state index contributed by atoms with van der Waals surface area (Å²) in [6.07, 6.45) is -1.71. The molecule has 12 nitrogen and oxygen atoms in total. The molecule has 0 spiro atoms. The summed E-state index contributed by atoms with van der Waals surface area (Å²) < 4.78 is 46.5. The largest absolute Gasteiger partial charge is 0.493 e. The Kier molecular flexibility index (Phi) is 13.3. The molecule has 0 aromatic heterocycles. The van der Waals surface area contributed by atoms with E-state index < -0.39 is 39.2 Å². The lowest BCUT2D eigenvalue weighted by molar-refractivity contribution is -0.138. The van der Waals surface area contributed by atoms with Crippen LogP contribution in [-0.2, 0) is 31.8 Å². The summed E-state index contributed by atoms with van der Waals surface area (Å²) in [4.78, 5) is 56.1. The normalized spacial score (nSPS) is 20.8. The number of halogens is 4. The Morgan fingerprint density at radius 3 is 2.45 bits per heavy atom. The van der Waals surface area contributed by atoms with Gasteiger partial charge in [0, 0.05) is 22.7 Å². The van der Waals surface area contributed by atoms with E-state index in [4.69, 9.17) is 4.74 Å². The molecule has 4 amide bonds. The van der Waals surface area contributed by atoms with E-state index in [2.05, 4.69) is 25.7 Å². The number of nitrogens with zero attached hydrogens (tertiary/aromatic N) is 3. The summed E-state index contributed by atoms with van der Waals surface area (Å²) >= 11 is -1.37. The van der Waals surface area contributed by atoms with E-state index in [1.165, 1.54) is 6.07 Å². The number of rotatable bonds is 11. The second kappa shape index (κ2) is 17.5. The smallest absolute Gasteiger partial charge is 0.417 e. The van der Waals surface area contributed by atoms with Gasteiger partial charge >= 0.3 is 6.18 Å². The van der Waals surface area contributed by atoms with Crippen LogP contribution in [0.4, 0.5) is 30.2 Å². The molecule has 3 aromatic carbocycles. The number of piperidine rings is 2. The number of aryl methyl sites for hydroxylation is 1. The Balaban J connectivity index is 0.00000600. The molecule has 0 saturated carbocycles. The van der Waals surface area contributed by atoms with E-state index in [1.807, 2.05) is 25.1 Å². The van der Waals surface area contributed by atoms with Crippen molar-refractivity contribution in [2.45, 2.75) is 74.7 Å². The molecular weight excluding hydrogens is 771 g/mol. The molecule has 3 aliphatic heterocycles. The third-order valence-electron chi connectivity index (χ3n) is 10.1. The molecule has 4 N–H and O–H groups in total. The highest BCUT2D eigenvalue weighted by atomic mass is 35.5. The number of nitrogens with one attached hydrogen (secondary N) is 4. The lowest BCUT2D eigenvalue weighted by Gasteiger charge is -2.31. The first-order valence-corrected chi connectivity index (χ1v) is 19.5. The van der Waals surface area contributed by atoms with Crippen molar-refractivity contribution >= 4 is 64.2 Å². The number of thiol groups is 1. The van der Waals surface area contributed by atoms with E-state index in [9.17, 15) is 37.6 Å². The Hall–Kier alpha value is -4.82. The predicted octanol–water partition coefficient (Wildman–Crippen LogP) is 6.11. The average Bonchev–Trinajstić information content (AvgIpc) is 3.39. The van der Waals surface area contributed by atoms with Crippen LogP contribution in [0.25, 0.3) is 0 Å². The van der Waals surface area contributed by atoms with Crippen LogP contribution in [0.2, 0.25) is 0 Å². The first-order valence-electron chi connectivity index (χ1n) is 18.2. The summed E-state index contributed by atoms with van der Waals surface area (Å²) in [5, 5.41) is 18.7. The number of nitriles is 1. The zero-order chi connectivity index (χ0) is 39.5. The van der Waals surface area contributed by atoms with Crippen molar-refractivity contribution in [1.82, 2.24) is 15.0 Å². The molecule has 0 aliphatic carbocycles. The van der Waals surface area contributed by atoms with Gasteiger partial charge in [-0.2, -0.15) is 23.3 Å². The van der Waals surface area contributed by atoms with Crippen LogP contribution in [0.15, 0.2) is 65.6 Å². The maximum absolute atomic E-state index is 13.7. The maximum atomic E-state index is 13.7. The third kappa shape index (κ3) is 9.58. The topological polar surface area (TPSA) is 156 Å². The van der Waals surface area contributed by atoms with Crippen molar-refractivity contribution in [2.24, 2.45) is 5.92 Å². The van der Waals surface area contributed by atoms with E-state index in [0.717, 1.165) is 59.3 Å². The van der Waals surface area contributed by atoms with Crippen molar-refractivity contribution in [3.8, 4) is 11.8 Å². The number of alkyl halides is 3. The summed E-state index contributed by atoms with van der Waals surface area (Å²) in [5.41, 5.74) is 0.634. The standard InChI is InChI=1S/C39H44F3N7O5S.ClH/c1-4-25-18-30(55-38(2,3)37(53)49(47-55)29-9-8-26(21-43)31(20-29)39(40,41)42)10-12-33(25)54-23-24-14-16-48(17-15-24)22-35(51)45-28-7-5-6-27(19-28)44-32-11-13-34(50)46-36(32)52;/h5-10,12,18-20,24,32,44,47,55H,4,11,13-17,22-23H2,1-3H3,(H,45,51)(H,46,50,52);1H. The highest BCUT2D eigenvalue weighted by Crippen LogP contribution is 2.52. The zero-order valence-electron chi connectivity index (χ0n) is 31.2. The Morgan fingerprint density at radius 2 is 1.77 bits per heavy atom. The zero-order valence-corrected chi connectivity index (χ0v) is 32.9. The van der Waals surface area contributed by atoms with Gasteiger partial charge in [-0.3, -0.25) is 29.4 Å². The van der Waals surface area contributed by atoms with Crippen LogP contribution in [0.3, 0.4) is 0 Å². The molecule has 3 aromatic rings. The van der Waals surface area contributed by atoms with Crippen LogP contribution >= 0.6 is 23.5 Å². The fourth-order valence-corrected chi connectivity index (χ4v) is 9.18. The van der Waals surface area contributed by atoms with Crippen molar-refractivity contribution in [3.63, 3.8) is 0 Å². The van der Waals surface area contributed by atoms with Crippen LogP contribution in [0.1, 0.15) is 63.1 Å². The summed E-state index contributed by atoms with van der Waals surface area (Å²) in [7, 11) is 0. The van der Waals surface area contributed by atoms with Crippen LogP contribution in [0.5, 0.6) is 5.75 Å². The molecule has 17 heteroatoms. The minimum atomic E-state index is -4.75. The molecule has 300 valence electrons. The van der Waals surface area contributed by atoms with Crippen molar-refractivity contribution in [2.75, 3.05) is 41.9 Å². The van der Waals surface area contributed by atoms with Gasteiger partial charge in [-0.05, 0) is 119 Å². The van der Waals surface area contributed by atoms with Gasteiger partial charge in [0.05, 0.1) is 40.8 Å². The summed E-state index contributed by atoms with van der Waals surface area (Å²) in [5.74, 6) is -0.132. The lowest BCUT2D eigenvalue weighted by atomic mass is 9.98. The SMILES string of the molecule is CCc1cc([SH]2NN(c3ccc(C#N)c(C(F)(F)F)c3)C(=O)C2(C)C)ccc1OCC1CCN(CC(=O)Nc2cccc(NC3CCC(=O)NC3=O)c2)CC1.Cl. The van der Waals surface area contributed by atoms with Gasteiger partial charge in [-0.1, -0.05) is 13.0 Å². The van der Waals surface area contributed by atoms with Gasteiger partial charge in [-0.25, -0.2) is 5.01 Å². The lowest BCUT2D eigenvalue weighted by Crippen LogP contribution is -2.47. The molecule has 6 rings (SSSR count). The molecule has 2 atom stereocenters. The number of hydrogen-bond acceptors (Lipinski definition) is 9. The number of carbonyl (C=O) groups excluding carboxylic acids is 4. The maximum Gasteiger partial charge on any atom is 0.417 e. The van der Waals surface area contributed by atoms with E-state index in [1.54, 1.807) is 44.2 Å². The van der Waals surface area contributed by atoms with Gasteiger partial charge in [0.15, 0.2) is 0 Å². The number of anilines is 3. The fraction of sp³-hybridized carbons (Fsp3) is 0.410. The number of hydrazine groups is 1. The molecule has 2 unspecified atom stereocenters. The van der Waals surface area contributed by atoms with Crippen LogP contribution in [0, 0.1) is 17.2 Å². The van der Waals surface area contributed by atoms with Gasteiger partial charge < -0.3 is 15.4 Å². The van der Waals surface area contributed by atoms with Crippen molar-refractivity contribution in [3.05, 3.63) is 77.4 Å². The Labute approximate surface area is 332 Å².